The van der Waals surface area contributed by atoms with E-state index in [9.17, 15) is 24.3 Å². The zero-order chi connectivity index (χ0) is 24.7. The van der Waals surface area contributed by atoms with E-state index in [0.717, 1.165) is 22.0 Å². The second-order valence-electron chi connectivity index (χ2n) is 7.99. The van der Waals surface area contributed by atoms with Crippen molar-refractivity contribution in [3.05, 3.63) is 71.9 Å². The Bertz CT molecular complexity index is 1180. The van der Waals surface area contributed by atoms with Crippen molar-refractivity contribution in [1.29, 1.82) is 0 Å². The average Bonchev–Trinajstić information content (AvgIpc) is 3.21. The van der Waals surface area contributed by atoms with Crippen molar-refractivity contribution in [2.75, 3.05) is 0 Å². The van der Waals surface area contributed by atoms with Crippen LogP contribution < -0.4 is 22.1 Å². The Labute approximate surface area is 195 Å². The Morgan fingerprint density at radius 3 is 2.21 bits per heavy atom. The molecule has 3 amide bonds. The molecule has 2 aromatic carbocycles. The average molecular weight is 466 g/mol. The molecule has 1 aromatic heterocycles. The summed E-state index contributed by atoms with van der Waals surface area (Å²) < 4.78 is 0. The molecule has 0 aliphatic heterocycles. The molecule has 0 fully saturated rings. The van der Waals surface area contributed by atoms with Gasteiger partial charge in [-0.2, -0.15) is 0 Å². The number of rotatable bonds is 11. The minimum absolute atomic E-state index is 0.0663. The van der Waals surface area contributed by atoms with Crippen molar-refractivity contribution in [2.24, 2.45) is 11.5 Å². The first-order valence-corrected chi connectivity index (χ1v) is 10.7. The zero-order valence-corrected chi connectivity index (χ0v) is 18.4. The van der Waals surface area contributed by atoms with Gasteiger partial charge < -0.3 is 32.2 Å². The molecule has 3 aromatic rings. The number of carboxylic acid groups (broad SMARTS) is 1. The number of para-hydroxylation sites is 1. The first-order chi connectivity index (χ1) is 16.2. The van der Waals surface area contributed by atoms with Crippen LogP contribution in [0.4, 0.5) is 0 Å². The molecule has 0 radical (unpaired) electrons. The highest BCUT2D eigenvalue weighted by Crippen LogP contribution is 2.19. The van der Waals surface area contributed by atoms with E-state index < -0.39 is 41.8 Å². The minimum atomic E-state index is -1.24. The number of benzene rings is 2. The van der Waals surface area contributed by atoms with Crippen molar-refractivity contribution < 1.29 is 24.3 Å². The van der Waals surface area contributed by atoms with Gasteiger partial charge in [-0.3, -0.25) is 14.4 Å². The number of amides is 3. The van der Waals surface area contributed by atoms with E-state index in [-0.39, 0.29) is 19.3 Å². The largest absolute Gasteiger partial charge is 0.480 e. The molecule has 0 bridgehead atoms. The third kappa shape index (κ3) is 6.42. The van der Waals surface area contributed by atoms with Crippen LogP contribution >= 0.6 is 0 Å². The molecule has 10 nitrogen and oxygen atoms in total. The summed E-state index contributed by atoms with van der Waals surface area (Å²) in [6.45, 7) is 0. The highest BCUT2D eigenvalue weighted by molar-refractivity contribution is 5.94. The fraction of sp³-hybridized carbons (Fsp3) is 0.250. The SMILES string of the molecule is NC(=O)CC(N)C(=O)NC(Cc1c[nH]c2ccccc12)C(=O)NC(Cc1ccccc1)C(=O)O. The Kier molecular flexibility index (Phi) is 7.99. The third-order valence-electron chi connectivity index (χ3n) is 5.39. The maximum atomic E-state index is 13.2. The monoisotopic (exact) mass is 465 g/mol. The molecular weight excluding hydrogens is 438 g/mol. The van der Waals surface area contributed by atoms with E-state index in [1.54, 1.807) is 36.5 Å². The maximum Gasteiger partial charge on any atom is 0.326 e. The fourth-order valence-electron chi connectivity index (χ4n) is 3.64. The number of carbonyl (C=O) groups is 4. The lowest BCUT2D eigenvalue weighted by atomic mass is 10.0. The number of aromatic amines is 1. The van der Waals surface area contributed by atoms with Gasteiger partial charge in [0.05, 0.1) is 12.5 Å². The summed E-state index contributed by atoms with van der Waals surface area (Å²) >= 11 is 0. The predicted octanol–water partition coefficient (Wildman–Crippen LogP) is 0.210. The van der Waals surface area contributed by atoms with Gasteiger partial charge in [-0.25, -0.2) is 4.79 Å². The van der Waals surface area contributed by atoms with Gasteiger partial charge in [-0.05, 0) is 17.2 Å². The van der Waals surface area contributed by atoms with Gasteiger partial charge in [0, 0.05) is 29.9 Å². The van der Waals surface area contributed by atoms with Crippen molar-refractivity contribution >= 4 is 34.6 Å². The van der Waals surface area contributed by atoms with Crippen molar-refractivity contribution in [2.45, 2.75) is 37.4 Å². The fourth-order valence-corrected chi connectivity index (χ4v) is 3.64. The van der Waals surface area contributed by atoms with Gasteiger partial charge >= 0.3 is 5.97 Å². The van der Waals surface area contributed by atoms with Crippen LogP contribution in [0.25, 0.3) is 10.9 Å². The molecule has 3 atom stereocenters. The summed E-state index contributed by atoms with van der Waals surface area (Å²) in [6, 6.07) is 12.7. The van der Waals surface area contributed by atoms with Crippen LogP contribution in [0.5, 0.6) is 0 Å². The van der Waals surface area contributed by atoms with Crippen molar-refractivity contribution in [3.63, 3.8) is 0 Å². The third-order valence-corrected chi connectivity index (χ3v) is 5.39. The number of hydrogen-bond donors (Lipinski definition) is 6. The standard InChI is InChI=1S/C24H27N5O5/c25-17(12-21(26)30)22(31)28-19(11-15-13-27-18-9-5-4-8-16(15)18)23(32)29-20(24(33)34)10-14-6-2-1-3-7-14/h1-9,13,17,19-20,27H,10-12,25H2,(H2,26,30)(H,28,31)(H,29,32)(H,33,34). The molecule has 0 saturated heterocycles. The van der Waals surface area contributed by atoms with Gasteiger partial charge in [-0.15, -0.1) is 0 Å². The van der Waals surface area contributed by atoms with E-state index >= 15 is 0 Å². The van der Waals surface area contributed by atoms with E-state index in [1.807, 2.05) is 24.3 Å². The van der Waals surface area contributed by atoms with Gasteiger partial charge in [0.1, 0.15) is 12.1 Å². The molecule has 0 saturated carbocycles. The van der Waals surface area contributed by atoms with Crippen LogP contribution in [0.2, 0.25) is 0 Å². The number of H-pyrrole nitrogens is 1. The Balaban J connectivity index is 1.81. The van der Waals surface area contributed by atoms with Gasteiger partial charge in [0.25, 0.3) is 0 Å². The summed E-state index contributed by atoms with van der Waals surface area (Å²) in [5, 5.41) is 15.6. The van der Waals surface area contributed by atoms with Gasteiger partial charge in [0.2, 0.25) is 17.7 Å². The highest BCUT2D eigenvalue weighted by atomic mass is 16.4. The minimum Gasteiger partial charge on any atom is -0.480 e. The summed E-state index contributed by atoms with van der Waals surface area (Å²) in [4.78, 5) is 51.8. The number of primary amides is 1. The molecule has 10 heteroatoms. The molecule has 1 heterocycles. The molecule has 0 spiro atoms. The lowest BCUT2D eigenvalue weighted by Gasteiger charge is -2.23. The molecule has 3 rings (SSSR count). The van der Waals surface area contributed by atoms with E-state index in [1.165, 1.54) is 0 Å². The van der Waals surface area contributed by atoms with Crippen LogP contribution in [0.1, 0.15) is 17.5 Å². The summed E-state index contributed by atoms with van der Waals surface area (Å²) in [7, 11) is 0. The van der Waals surface area contributed by atoms with Crippen molar-refractivity contribution in [1.82, 2.24) is 15.6 Å². The van der Waals surface area contributed by atoms with Crippen molar-refractivity contribution in [3.8, 4) is 0 Å². The smallest absolute Gasteiger partial charge is 0.326 e. The quantitative estimate of drug-likeness (QED) is 0.235. The number of hydrogen-bond acceptors (Lipinski definition) is 5. The van der Waals surface area contributed by atoms with E-state index in [4.69, 9.17) is 11.5 Å². The molecule has 3 unspecified atom stereocenters. The Morgan fingerprint density at radius 2 is 1.53 bits per heavy atom. The second kappa shape index (κ2) is 11.1. The van der Waals surface area contributed by atoms with Crippen LogP contribution in [-0.4, -0.2) is 51.9 Å². The Morgan fingerprint density at radius 1 is 0.882 bits per heavy atom. The summed E-state index contributed by atoms with van der Waals surface area (Å²) in [5.41, 5.74) is 13.2. The first-order valence-electron chi connectivity index (χ1n) is 10.7. The van der Waals surface area contributed by atoms with Crippen LogP contribution in [0.15, 0.2) is 60.8 Å². The van der Waals surface area contributed by atoms with E-state index in [2.05, 4.69) is 15.6 Å². The van der Waals surface area contributed by atoms with Gasteiger partial charge in [-0.1, -0.05) is 48.5 Å². The zero-order valence-electron chi connectivity index (χ0n) is 18.4. The number of carboxylic acids is 1. The lowest BCUT2D eigenvalue weighted by molar-refractivity contribution is -0.142. The second-order valence-corrected chi connectivity index (χ2v) is 7.99. The summed E-state index contributed by atoms with van der Waals surface area (Å²) in [5.74, 6) is -3.39. The number of carbonyl (C=O) groups excluding carboxylic acids is 3. The topological polar surface area (TPSA) is 180 Å². The number of nitrogens with one attached hydrogen (secondary N) is 3. The Hall–Kier alpha value is -4.18. The predicted molar refractivity (Wildman–Crippen MR) is 125 cm³/mol. The lowest BCUT2D eigenvalue weighted by Crippen LogP contribution is -2.56. The highest BCUT2D eigenvalue weighted by Gasteiger charge is 2.29. The molecule has 8 N–H and O–H groups in total. The molecule has 0 aliphatic rings. The molecular formula is C24H27N5O5. The summed E-state index contributed by atoms with van der Waals surface area (Å²) in [6.07, 6.45) is 1.47. The van der Waals surface area contributed by atoms with Crippen LogP contribution in [-0.2, 0) is 32.0 Å². The normalized spacial score (nSPS) is 13.6. The number of fused-ring (bicyclic) bond motifs is 1. The van der Waals surface area contributed by atoms with Crippen LogP contribution in [0.3, 0.4) is 0 Å². The van der Waals surface area contributed by atoms with Gasteiger partial charge in [0.15, 0.2) is 0 Å². The molecule has 34 heavy (non-hydrogen) atoms. The number of nitrogens with two attached hydrogens (primary N) is 2. The van der Waals surface area contributed by atoms with Crippen LogP contribution in [0, 0.1) is 0 Å². The number of aromatic nitrogens is 1. The molecule has 0 aliphatic carbocycles. The first kappa shape index (κ1) is 24.5. The maximum absolute atomic E-state index is 13.2. The number of aliphatic carboxylic acids is 1. The van der Waals surface area contributed by atoms with E-state index in [0.29, 0.717) is 0 Å². The molecule has 178 valence electrons.